The van der Waals surface area contributed by atoms with E-state index in [9.17, 15) is 0 Å². The van der Waals surface area contributed by atoms with Crippen molar-refractivity contribution in [1.82, 2.24) is 0 Å². The van der Waals surface area contributed by atoms with Crippen LogP contribution < -0.4 is 0 Å². The lowest BCUT2D eigenvalue weighted by atomic mass is 9.82. The maximum Gasteiger partial charge on any atom is 0.0142 e. The molecule has 0 saturated carbocycles. The quantitative estimate of drug-likeness (QED) is 0.502. The maximum atomic E-state index is 3.86. The second-order valence-electron chi connectivity index (χ2n) is 4.54. The molecule has 0 saturated heterocycles. The number of rotatable bonds is 8. The van der Waals surface area contributed by atoms with Gasteiger partial charge in [-0.2, -0.15) is 0 Å². The van der Waals surface area contributed by atoms with Gasteiger partial charge in [-0.1, -0.05) is 36.5 Å². The van der Waals surface area contributed by atoms with Crippen LogP contribution in [0.4, 0.5) is 0 Å². The molecule has 0 fully saturated rings. The van der Waals surface area contributed by atoms with E-state index in [4.69, 9.17) is 0 Å². The molecule has 0 nitrogen and oxygen atoms in total. The third-order valence-corrected chi connectivity index (χ3v) is 3.11. The second kappa shape index (κ2) is 6.24. The predicted octanol–water partition coefficient (Wildman–Crippen LogP) is 5.14. The topological polar surface area (TPSA) is 0 Å². The molecule has 0 bridgehead atoms. The minimum atomic E-state index is 0.0835. The number of hydrogen-bond donors (Lipinski definition) is 0. The van der Waals surface area contributed by atoms with Gasteiger partial charge in [0.2, 0.25) is 0 Å². The van der Waals surface area contributed by atoms with Crippen molar-refractivity contribution in [3.05, 3.63) is 73.9 Å². The highest BCUT2D eigenvalue weighted by molar-refractivity contribution is 5.45. The zero-order valence-corrected chi connectivity index (χ0v) is 10.6. The molecule has 0 heteroatoms. The summed E-state index contributed by atoms with van der Waals surface area (Å²) in [6.07, 6.45) is 16.4. The van der Waals surface area contributed by atoms with E-state index in [-0.39, 0.29) is 5.41 Å². The van der Waals surface area contributed by atoms with Crippen LogP contribution in [0.2, 0.25) is 0 Å². The Morgan fingerprint density at radius 1 is 0.765 bits per heavy atom. The largest absolute Gasteiger partial charge is 0.103 e. The first kappa shape index (κ1) is 13.5. The molecule has 1 aliphatic rings. The normalized spacial score (nSPS) is 16.9. The van der Waals surface area contributed by atoms with Crippen LogP contribution in [0.3, 0.4) is 0 Å². The van der Waals surface area contributed by atoms with E-state index in [1.54, 1.807) is 0 Å². The first-order chi connectivity index (χ1) is 8.21. The Kier molecular flexibility index (Phi) is 4.96. The SMILES string of the molecule is C=CCC1=CC(CC=C)(CC=C)C=C1CC=C. The van der Waals surface area contributed by atoms with Gasteiger partial charge in [-0.15, -0.1) is 26.3 Å². The van der Waals surface area contributed by atoms with Crippen molar-refractivity contribution in [1.29, 1.82) is 0 Å². The Hall–Kier alpha value is -1.56. The van der Waals surface area contributed by atoms with Crippen LogP contribution in [0.25, 0.3) is 0 Å². The Morgan fingerprint density at radius 3 is 1.47 bits per heavy atom. The van der Waals surface area contributed by atoms with E-state index in [0.717, 1.165) is 25.7 Å². The predicted molar refractivity (Wildman–Crippen MR) is 77.9 cm³/mol. The molecular formula is C17H22. The zero-order chi connectivity index (χ0) is 12.7. The van der Waals surface area contributed by atoms with E-state index in [1.165, 1.54) is 11.1 Å². The molecule has 0 N–H and O–H groups in total. The van der Waals surface area contributed by atoms with Crippen molar-refractivity contribution in [2.75, 3.05) is 0 Å². The number of allylic oxidation sites excluding steroid dienone is 8. The van der Waals surface area contributed by atoms with Gasteiger partial charge in [0, 0.05) is 5.41 Å². The van der Waals surface area contributed by atoms with Gasteiger partial charge >= 0.3 is 0 Å². The molecule has 0 amide bonds. The highest BCUT2D eigenvalue weighted by Crippen LogP contribution is 2.42. The van der Waals surface area contributed by atoms with Crippen molar-refractivity contribution < 1.29 is 0 Å². The van der Waals surface area contributed by atoms with Crippen LogP contribution in [-0.2, 0) is 0 Å². The fourth-order valence-electron chi connectivity index (χ4n) is 2.47. The van der Waals surface area contributed by atoms with Gasteiger partial charge in [0.25, 0.3) is 0 Å². The molecule has 0 aromatic heterocycles. The smallest absolute Gasteiger partial charge is 0.0142 e. The molecule has 0 atom stereocenters. The molecule has 1 aliphatic carbocycles. The van der Waals surface area contributed by atoms with Crippen molar-refractivity contribution >= 4 is 0 Å². The highest BCUT2D eigenvalue weighted by Gasteiger charge is 2.29. The summed E-state index contributed by atoms with van der Waals surface area (Å²) in [4.78, 5) is 0. The summed E-state index contributed by atoms with van der Waals surface area (Å²) in [5, 5.41) is 0. The average molecular weight is 226 g/mol. The van der Waals surface area contributed by atoms with Gasteiger partial charge in [-0.05, 0) is 36.8 Å². The lowest BCUT2D eigenvalue weighted by Crippen LogP contribution is -2.10. The Bertz CT molecular complexity index is 339. The molecule has 0 heterocycles. The standard InChI is InChI=1S/C17H22/c1-5-9-15-13-17(11-7-3,12-8-4)14-16(15)10-6-2/h5-8,13-14H,1-4,9-12H2. The van der Waals surface area contributed by atoms with Crippen LogP contribution in [0.5, 0.6) is 0 Å². The van der Waals surface area contributed by atoms with Gasteiger partial charge in [-0.3, -0.25) is 0 Å². The summed E-state index contributed by atoms with van der Waals surface area (Å²) in [6.45, 7) is 15.4. The molecule has 0 unspecified atom stereocenters. The van der Waals surface area contributed by atoms with Crippen LogP contribution >= 0.6 is 0 Å². The molecule has 17 heavy (non-hydrogen) atoms. The van der Waals surface area contributed by atoms with Gasteiger partial charge in [-0.25, -0.2) is 0 Å². The fourth-order valence-corrected chi connectivity index (χ4v) is 2.47. The van der Waals surface area contributed by atoms with Gasteiger partial charge < -0.3 is 0 Å². The molecular weight excluding hydrogens is 204 g/mol. The van der Waals surface area contributed by atoms with Gasteiger partial charge in [0.1, 0.15) is 0 Å². The van der Waals surface area contributed by atoms with Crippen molar-refractivity contribution in [3.63, 3.8) is 0 Å². The molecule has 0 aromatic rings. The average Bonchev–Trinajstić information content (AvgIpc) is 2.59. The first-order valence-electron chi connectivity index (χ1n) is 6.08. The summed E-state index contributed by atoms with van der Waals surface area (Å²) in [5.41, 5.74) is 2.84. The second-order valence-corrected chi connectivity index (χ2v) is 4.54. The Labute approximate surface area is 105 Å². The summed E-state index contributed by atoms with van der Waals surface area (Å²) < 4.78 is 0. The van der Waals surface area contributed by atoms with E-state index >= 15 is 0 Å². The molecule has 90 valence electrons. The summed E-state index contributed by atoms with van der Waals surface area (Å²) in [5.74, 6) is 0. The van der Waals surface area contributed by atoms with Gasteiger partial charge in [0.05, 0.1) is 0 Å². The maximum absolute atomic E-state index is 3.86. The lowest BCUT2D eigenvalue weighted by molar-refractivity contribution is 0.513. The summed E-state index contributed by atoms with van der Waals surface area (Å²) in [6, 6.07) is 0. The van der Waals surface area contributed by atoms with Crippen molar-refractivity contribution in [2.45, 2.75) is 25.7 Å². The highest BCUT2D eigenvalue weighted by atomic mass is 14.3. The molecule has 0 spiro atoms. The monoisotopic (exact) mass is 226 g/mol. The van der Waals surface area contributed by atoms with E-state index in [0.29, 0.717) is 0 Å². The Morgan fingerprint density at radius 2 is 1.18 bits per heavy atom. The third-order valence-electron chi connectivity index (χ3n) is 3.11. The van der Waals surface area contributed by atoms with Crippen LogP contribution in [0.15, 0.2) is 73.9 Å². The third kappa shape index (κ3) is 3.20. The minimum absolute atomic E-state index is 0.0835. The number of hydrogen-bond acceptors (Lipinski definition) is 0. The van der Waals surface area contributed by atoms with E-state index in [1.807, 2.05) is 24.3 Å². The van der Waals surface area contributed by atoms with Crippen molar-refractivity contribution in [3.8, 4) is 0 Å². The minimum Gasteiger partial charge on any atom is -0.103 e. The lowest BCUT2D eigenvalue weighted by Gasteiger charge is -2.21. The van der Waals surface area contributed by atoms with Crippen LogP contribution in [0, 0.1) is 5.41 Å². The van der Waals surface area contributed by atoms with Crippen LogP contribution in [-0.4, -0.2) is 0 Å². The Balaban J connectivity index is 3.07. The molecule has 1 rings (SSSR count). The first-order valence-corrected chi connectivity index (χ1v) is 6.08. The van der Waals surface area contributed by atoms with Gasteiger partial charge in [0.15, 0.2) is 0 Å². The van der Waals surface area contributed by atoms with Crippen LogP contribution in [0.1, 0.15) is 25.7 Å². The molecule has 0 aliphatic heterocycles. The summed E-state index contributed by atoms with van der Waals surface area (Å²) >= 11 is 0. The van der Waals surface area contributed by atoms with E-state index < -0.39 is 0 Å². The van der Waals surface area contributed by atoms with E-state index in [2.05, 4.69) is 38.5 Å². The fraction of sp³-hybridized carbons (Fsp3) is 0.294. The summed E-state index contributed by atoms with van der Waals surface area (Å²) in [7, 11) is 0. The molecule has 0 aromatic carbocycles. The van der Waals surface area contributed by atoms with Crippen molar-refractivity contribution in [2.24, 2.45) is 5.41 Å². The molecule has 0 radical (unpaired) electrons. The zero-order valence-electron chi connectivity index (χ0n) is 10.6.